The molecular weight excluding hydrogens is 452 g/mol. The van der Waals surface area contributed by atoms with Crippen LogP contribution in [0.1, 0.15) is 37.8 Å². The third-order valence-corrected chi connectivity index (χ3v) is 6.96. The number of hydrogen-bond donors (Lipinski definition) is 2. The molecule has 1 saturated heterocycles. The Kier molecular flexibility index (Phi) is 5.47. The van der Waals surface area contributed by atoms with Crippen molar-refractivity contribution in [2.45, 2.75) is 57.3 Å². The largest absolute Gasteiger partial charge is 0.393 e. The van der Waals surface area contributed by atoms with E-state index >= 15 is 0 Å². The minimum Gasteiger partial charge on any atom is -0.393 e. The molecule has 3 aromatic heterocycles. The molecule has 182 valence electrons. The summed E-state index contributed by atoms with van der Waals surface area (Å²) in [5.41, 5.74) is 3.52. The quantitative estimate of drug-likeness (QED) is 0.456. The van der Waals surface area contributed by atoms with Gasteiger partial charge in [0.2, 0.25) is 0 Å². The number of nitrogens with one attached hydrogen (secondary N) is 1. The third kappa shape index (κ3) is 4.27. The molecule has 0 bridgehead atoms. The molecule has 1 aliphatic carbocycles. The molecule has 35 heavy (non-hydrogen) atoms. The van der Waals surface area contributed by atoms with Gasteiger partial charge in [-0.05, 0) is 51.2 Å². The number of benzene rings is 1. The smallest absolute Gasteiger partial charge is 0.160 e. The molecule has 1 aliphatic heterocycles. The summed E-state index contributed by atoms with van der Waals surface area (Å²) in [5, 5.41) is 18.3. The van der Waals surface area contributed by atoms with Gasteiger partial charge in [-0.25, -0.2) is 23.7 Å². The molecule has 6 rings (SSSR count). The van der Waals surface area contributed by atoms with Gasteiger partial charge in [-0.2, -0.15) is 9.61 Å². The first-order valence-electron chi connectivity index (χ1n) is 12.1. The predicted octanol–water partition coefficient (Wildman–Crippen LogP) is 4.05. The number of nitrogens with zero attached hydrogens (tertiary/aromatic N) is 6. The minimum atomic E-state index is -0.861. The molecule has 4 aromatic rings. The first-order valence-corrected chi connectivity index (χ1v) is 12.1. The number of anilines is 2. The highest BCUT2D eigenvalue weighted by Gasteiger charge is 2.26. The van der Waals surface area contributed by atoms with Crippen molar-refractivity contribution in [2.75, 3.05) is 23.3 Å². The van der Waals surface area contributed by atoms with Crippen molar-refractivity contribution < 1.29 is 13.9 Å². The molecule has 2 N–H and O–H groups in total. The summed E-state index contributed by atoms with van der Waals surface area (Å²) in [7, 11) is 0. The van der Waals surface area contributed by atoms with Gasteiger partial charge in [-0.15, -0.1) is 0 Å². The highest BCUT2D eigenvalue weighted by molar-refractivity contribution is 5.78. The van der Waals surface area contributed by atoms with Crippen molar-refractivity contribution in [1.82, 2.24) is 24.6 Å². The van der Waals surface area contributed by atoms with E-state index in [0.717, 1.165) is 31.5 Å². The lowest BCUT2D eigenvalue weighted by atomic mass is 9.93. The van der Waals surface area contributed by atoms with Crippen molar-refractivity contribution in [3.05, 3.63) is 41.8 Å². The molecule has 0 unspecified atom stereocenters. The topological polar surface area (TPSA) is 91.5 Å². The summed E-state index contributed by atoms with van der Waals surface area (Å²) < 4.78 is 29.5. The Morgan fingerprint density at radius 3 is 2.60 bits per heavy atom. The molecule has 10 heteroatoms. The van der Waals surface area contributed by atoms with Crippen LogP contribution in [0.3, 0.4) is 0 Å². The van der Waals surface area contributed by atoms with Crippen LogP contribution in [-0.4, -0.2) is 61.1 Å². The molecule has 2 aliphatic rings. The van der Waals surface area contributed by atoms with Gasteiger partial charge in [0.25, 0.3) is 0 Å². The van der Waals surface area contributed by atoms with Crippen molar-refractivity contribution in [2.24, 2.45) is 0 Å². The second-order valence-corrected chi connectivity index (χ2v) is 9.57. The number of aliphatic hydroxyl groups excluding tert-OH is 1. The minimum absolute atomic E-state index is 0.196. The maximum atomic E-state index is 13.9. The fourth-order valence-corrected chi connectivity index (χ4v) is 5.06. The fourth-order valence-electron chi connectivity index (χ4n) is 5.06. The molecule has 2 fully saturated rings. The number of hydrogen-bond acceptors (Lipinski definition) is 7. The number of halogens is 2. The molecule has 0 spiro atoms. The molecule has 1 aromatic carbocycles. The van der Waals surface area contributed by atoms with Gasteiger partial charge < -0.3 is 15.3 Å². The highest BCUT2D eigenvalue weighted by Crippen LogP contribution is 2.30. The van der Waals surface area contributed by atoms with Crippen LogP contribution in [0.5, 0.6) is 0 Å². The van der Waals surface area contributed by atoms with Gasteiger partial charge in [0.05, 0.1) is 29.4 Å². The number of aryl methyl sites for hydroxylation is 1. The van der Waals surface area contributed by atoms with Crippen LogP contribution in [-0.2, 0) is 0 Å². The second-order valence-electron chi connectivity index (χ2n) is 9.57. The average Bonchev–Trinajstić information content (AvgIpc) is 3.47. The maximum Gasteiger partial charge on any atom is 0.160 e. The molecule has 8 nitrogen and oxygen atoms in total. The van der Waals surface area contributed by atoms with E-state index in [9.17, 15) is 13.9 Å². The lowest BCUT2D eigenvalue weighted by Gasteiger charge is -2.27. The molecule has 0 amide bonds. The first kappa shape index (κ1) is 22.1. The van der Waals surface area contributed by atoms with Crippen molar-refractivity contribution in [1.29, 1.82) is 0 Å². The van der Waals surface area contributed by atoms with Crippen LogP contribution in [0.4, 0.5) is 20.4 Å². The standard InChI is InChI=1S/C25H27F2N7O/c1-14-25(30-20-10-15(26)2-7-19(20)28-14)21-11-23-31-22(33-9-8-16(27)13-33)12-24(34(23)32-21)29-17-3-5-18(35)6-4-17/h2,7,10-12,16-18,29,35H,3-6,8-9,13H2,1H3/t16-,17?,18?/m0/s1. The summed E-state index contributed by atoms with van der Waals surface area (Å²) in [6, 6.07) is 8.30. The number of aliphatic hydroxyl groups is 1. The van der Waals surface area contributed by atoms with Gasteiger partial charge in [-0.1, -0.05) is 0 Å². The fraction of sp³-hybridized carbons (Fsp3) is 0.440. The summed E-state index contributed by atoms with van der Waals surface area (Å²) >= 11 is 0. The van der Waals surface area contributed by atoms with Gasteiger partial charge in [0.1, 0.15) is 35.0 Å². The van der Waals surface area contributed by atoms with E-state index in [0.29, 0.717) is 59.1 Å². The van der Waals surface area contributed by atoms with Gasteiger partial charge >= 0.3 is 0 Å². The van der Waals surface area contributed by atoms with E-state index in [1.807, 2.05) is 24.0 Å². The zero-order valence-corrected chi connectivity index (χ0v) is 19.5. The van der Waals surface area contributed by atoms with Gasteiger partial charge in [0.15, 0.2) is 5.65 Å². The summed E-state index contributed by atoms with van der Waals surface area (Å²) in [6.07, 6.45) is 2.59. The Bertz CT molecular complexity index is 1400. The monoisotopic (exact) mass is 479 g/mol. The number of rotatable bonds is 4. The van der Waals surface area contributed by atoms with Crippen LogP contribution < -0.4 is 10.2 Å². The summed E-state index contributed by atoms with van der Waals surface area (Å²) in [6.45, 7) is 2.79. The number of fused-ring (bicyclic) bond motifs is 2. The zero-order valence-electron chi connectivity index (χ0n) is 19.5. The van der Waals surface area contributed by atoms with E-state index < -0.39 is 6.17 Å². The molecular formula is C25H27F2N7O. The Balaban J connectivity index is 1.44. The third-order valence-electron chi connectivity index (χ3n) is 6.96. The molecule has 4 heterocycles. The van der Waals surface area contributed by atoms with Crippen molar-refractivity contribution in [3.8, 4) is 11.4 Å². The SMILES string of the molecule is Cc1nc2ccc(F)cc2nc1-c1cc2nc(N3CC[C@H](F)C3)cc(NC3CCC(O)CC3)n2n1. The van der Waals surface area contributed by atoms with Crippen LogP contribution in [0.2, 0.25) is 0 Å². The predicted molar refractivity (Wildman–Crippen MR) is 130 cm³/mol. The zero-order chi connectivity index (χ0) is 24.1. The highest BCUT2D eigenvalue weighted by atomic mass is 19.1. The average molecular weight is 480 g/mol. The summed E-state index contributed by atoms with van der Waals surface area (Å²) in [4.78, 5) is 16.0. The Morgan fingerprint density at radius 1 is 1.00 bits per heavy atom. The normalized spacial score (nSPS) is 22.9. The van der Waals surface area contributed by atoms with Crippen molar-refractivity contribution in [3.63, 3.8) is 0 Å². The Morgan fingerprint density at radius 2 is 1.83 bits per heavy atom. The van der Waals surface area contributed by atoms with E-state index in [-0.39, 0.29) is 18.0 Å². The van der Waals surface area contributed by atoms with Gasteiger partial charge in [-0.3, -0.25) is 0 Å². The Labute approximate surface area is 201 Å². The molecule has 1 saturated carbocycles. The lowest BCUT2D eigenvalue weighted by molar-refractivity contribution is 0.126. The molecule has 1 atom stereocenters. The lowest BCUT2D eigenvalue weighted by Crippen LogP contribution is -2.29. The first-order chi connectivity index (χ1) is 16.9. The second kappa shape index (κ2) is 8.67. The van der Waals surface area contributed by atoms with Crippen LogP contribution in [0.15, 0.2) is 30.3 Å². The van der Waals surface area contributed by atoms with E-state index in [1.165, 1.54) is 12.1 Å². The van der Waals surface area contributed by atoms with Crippen molar-refractivity contribution >= 4 is 28.3 Å². The molecule has 0 radical (unpaired) electrons. The number of aromatic nitrogens is 5. The van der Waals surface area contributed by atoms with Crippen LogP contribution in [0, 0.1) is 12.7 Å². The van der Waals surface area contributed by atoms with E-state index in [1.54, 1.807) is 10.6 Å². The van der Waals surface area contributed by atoms with E-state index in [2.05, 4.69) is 15.3 Å². The van der Waals surface area contributed by atoms with E-state index in [4.69, 9.17) is 10.1 Å². The number of alkyl halides is 1. The van der Waals surface area contributed by atoms with Crippen LogP contribution >= 0.6 is 0 Å². The van der Waals surface area contributed by atoms with Crippen LogP contribution in [0.25, 0.3) is 28.1 Å². The summed E-state index contributed by atoms with van der Waals surface area (Å²) in [5.74, 6) is 1.09. The maximum absolute atomic E-state index is 13.9. The Hall–Kier alpha value is -3.40. The van der Waals surface area contributed by atoms with Gasteiger partial charge in [0, 0.05) is 30.8 Å².